The maximum atomic E-state index is 10.8. The third-order valence-corrected chi connectivity index (χ3v) is 1.52. The molecular formula is C7H9ClN4O. The zero-order chi connectivity index (χ0) is 9.68. The molecule has 0 saturated heterocycles. The molecule has 0 aromatic carbocycles. The first-order chi connectivity index (χ1) is 6.22. The van der Waals surface area contributed by atoms with Gasteiger partial charge in [0.15, 0.2) is 0 Å². The zero-order valence-corrected chi connectivity index (χ0v) is 7.80. The highest BCUT2D eigenvalue weighted by Crippen LogP contribution is 2.04. The molecule has 2 N–H and O–H groups in total. The summed E-state index contributed by atoms with van der Waals surface area (Å²) in [7, 11) is 1.57. The van der Waals surface area contributed by atoms with Gasteiger partial charge in [0.05, 0.1) is 18.9 Å². The number of anilines is 1. The molecule has 0 unspecified atom stereocenters. The van der Waals surface area contributed by atoms with Crippen LogP contribution >= 0.6 is 11.6 Å². The molecule has 0 atom stereocenters. The second-order valence-electron chi connectivity index (χ2n) is 2.25. The molecule has 1 aromatic heterocycles. The standard InChI is InChI=1S/C7H9ClN4O/c1-9-7(13)4-12-6-3-10-5(8)2-11-6/h2-3H,4H2,1H3,(H,9,13)(H,11,12). The Kier molecular flexibility index (Phi) is 3.45. The quantitative estimate of drug-likeness (QED) is 0.736. The SMILES string of the molecule is CNC(=O)CNc1cnc(Cl)cn1. The first-order valence-corrected chi connectivity index (χ1v) is 4.02. The Morgan fingerprint density at radius 3 is 2.85 bits per heavy atom. The van der Waals surface area contributed by atoms with E-state index in [1.54, 1.807) is 7.05 Å². The molecule has 0 aliphatic heterocycles. The first-order valence-electron chi connectivity index (χ1n) is 3.64. The van der Waals surface area contributed by atoms with Gasteiger partial charge in [-0.3, -0.25) is 4.79 Å². The number of hydrogen-bond acceptors (Lipinski definition) is 4. The molecule has 1 amide bonds. The Morgan fingerprint density at radius 2 is 2.31 bits per heavy atom. The third kappa shape index (κ3) is 3.25. The summed E-state index contributed by atoms with van der Waals surface area (Å²) in [5.74, 6) is 0.407. The normalized spacial score (nSPS) is 9.38. The molecule has 0 saturated carbocycles. The third-order valence-electron chi connectivity index (χ3n) is 1.33. The van der Waals surface area contributed by atoms with Crippen molar-refractivity contribution in [3.63, 3.8) is 0 Å². The molecule has 0 fully saturated rings. The van der Waals surface area contributed by atoms with Gasteiger partial charge in [0, 0.05) is 7.05 Å². The summed E-state index contributed by atoms with van der Waals surface area (Å²) in [4.78, 5) is 18.5. The highest BCUT2D eigenvalue weighted by Gasteiger charge is 1.98. The minimum atomic E-state index is -0.114. The number of nitrogens with zero attached hydrogens (tertiary/aromatic N) is 2. The molecular weight excluding hydrogens is 192 g/mol. The molecule has 0 spiro atoms. The summed E-state index contributed by atoms with van der Waals surface area (Å²) >= 11 is 5.52. The van der Waals surface area contributed by atoms with Crippen molar-refractivity contribution in [1.29, 1.82) is 0 Å². The van der Waals surface area contributed by atoms with E-state index in [2.05, 4.69) is 20.6 Å². The molecule has 0 bridgehead atoms. The van der Waals surface area contributed by atoms with Gasteiger partial charge >= 0.3 is 0 Å². The van der Waals surface area contributed by atoms with E-state index in [0.717, 1.165) is 0 Å². The van der Waals surface area contributed by atoms with Gasteiger partial charge in [0.2, 0.25) is 5.91 Å². The van der Waals surface area contributed by atoms with Crippen molar-refractivity contribution >= 4 is 23.3 Å². The van der Waals surface area contributed by atoms with Gasteiger partial charge in [-0.05, 0) is 0 Å². The molecule has 6 heteroatoms. The van der Waals surface area contributed by atoms with E-state index in [4.69, 9.17) is 11.6 Å². The van der Waals surface area contributed by atoms with E-state index in [0.29, 0.717) is 11.0 Å². The van der Waals surface area contributed by atoms with Crippen LogP contribution in [0.25, 0.3) is 0 Å². The lowest BCUT2D eigenvalue weighted by atomic mass is 10.5. The number of nitrogens with one attached hydrogen (secondary N) is 2. The lowest BCUT2D eigenvalue weighted by Crippen LogP contribution is -2.26. The predicted molar refractivity (Wildman–Crippen MR) is 49.6 cm³/mol. The fraction of sp³-hybridized carbons (Fsp3) is 0.286. The maximum Gasteiger partial charge on any atom is 0.239 e. The zero-order valence-electron chi connectivity index (χ0n) is 7.04. The fourth-order valence-corrected chi connectivity index (χ4v) is 0.760. The Bertz CT molecular complexity index is 287. The average Bonchev–Trinajstić information content (AvgIpc) is 2.16. The molecule has 1 rings (SSSR count). The van der Waals surface area contributed by atoms with Gasteiger partial charge in [-0.1, -0.05) is 11.6 Å². The monoisotopic (exact) mass is 200 g/mol. The molecule has 0 aliphatic rings. The summed E-state index contributed by atoms with van der Waals surface area (Å²) in [6, 6.07) is 0. The van der Waals surface area contributed by atoms with Gasteiger partial charge in [-0.25, -0.2) is 9.97 Å². The number of halogens is 1. The van der Waals surface area contributed by atoms with Crippen molar-refractivity contribution in [3.05, 3.63) is 17.5 Å². The van der Waals surface area contributed by atoms with E-state index in [1.807, 2.05) is 0 Å². The van der Waals surface area contributed by atoms with E-state index >= 15 is 0 Å². The Balaban J connectivity index is 2.46. The van der Waals surface area contributed by atoms with E-state index in [-0.39, 0.29) is 12.5 Å². The van der Waals surface area contributed by atoms with Crippen LogP contribution in [0.1, 0.15) is 0 Å². The van der Waals surface area contributed by atoms with Gasteiger partial charge in [-0.2, -0.15) is 0 Å². The average molecular weight is 201 g/mol. The maximum absolute atomic E-state index is 10.8. The highest BCUT2D eigenvalue weighted by atomic mass is 35.5. The molecule has 1 aromatic rings. The van der Waals surface area contributed by atoms with Crippen molar-refractivity contribution in [2.24, 2.45) is 0 Å². The van der Waals surface area contributed by atoms with Crippen molar-refractivity contribution in [2.45, 2.75) is 0 Å². The number of amides is 1. The van der Waals surface area contributed by atoms with Crippen LogP contribution in [0.5, 0.6) is 0 Å². The number of hydrogen-bond donors (Lipinski definition) is 2. The van der Waals surface area contributed by atoms with Crippen LogP contribution in [0.15, 0.2) is 12.4 Å². The number of rotatable bonds is 3. The predicted octanol–water partition coefficient (Wildman–Crippen LogP) is 0.288. The topological polar surface area (TPSA) is 66.9 Å². The molecule has 70 valence electrons. The molecule has 1 heterocycles. The first kappa shape index (κ1) is 9.73. The molecule has 0 aliphatic carbocycles. The molecule has 13 heavy (non-hydrogen) atoms. The van der Waals surface area contributed by atoms with Crippen LogP contribution in [-0.2, 0) is 4.79 Å². The Hall–Kier alpha value is -1.36. The largest absolute Gasteiger partial charge is 0.360 e. The van der Waals surface area contributed by atoms with Crippen LogP contribution in [0.2, 0.25) is 5.15 Å². The summed E-state index contributed by atoms with van der Waals surface area (Å²) in [5, 5.41) is 5.57. The fourth-order valence-electron chi connectivity index (χ4n) is 0.663. The van der Waals surface area contributed by atoms with Crippen molar-refractivity contribution < 1.29 is 4.79 Å². The van der Waals surface area contributed by atoms with Crippen LogP contribution in [-0.4, -0.2) is 29.5 Å². The lowest BCUT2D eigenvalue weighted by molar-refractivity contribution is -0.118. The summed E-state index contributed by atoms with van der Waals surface area (Å²) in [5.41, 5.74) is 0. The van der Waals surface area contributed by atoms with Crippen LogP contribution in [0.3, 0.4) is 0 Å². The van der Waals surface area contributed by atoms with E-state index in [1.165, 1.54) is 12.4 Å². The Morgan fingerprint density at radius 1 is 1.54 bits per heavy atom. The second kappa shape index (κ2) is 4.61. The number of carbonyl (C=O) groups is 1. The summed E-state index contributed by atoms with van der Waals surface area (Å²) < 4.78 is 0. The van der Waals surface area contributed by atoms with Gasteiger partial charge in [-0.15, -0.1) is 0 Å². The molecule has 5 nitrogen and oxygen atoms in total. The molecule has 0 radical (unpaired) electrons. The lowest BCUT2D eigenvalue weighted by Gasteiger charge is -2.02. The Labute approximate surface area is 80.5 Å². The number of carbonyl (C=O) groups excluding carboxylic acids is 1. The van der Waals surface area contributed by atoms with Crippen molar-refractivity contribution in [3.8, 4) is 0 Å². The van der Waals surface area contributed by atoms with Gasteiger partial charge < -0.3 is 10.6 Å². The number of likely N-dealkylation sites (N-methyl/N-ethyl adjacent to an activating group) is 1. The summed E-state index contributed by atoms with van der Waals surface area (Å²) in [6.07, 6.45) is 2.87. The van der Waals surface area contributed by atoms with Crippen LogP contribution < -0.4 is 10.6 Å². The van der Waals surface area contributed by atoms with Gasteiger partial charge in [0.1, 0.15) is 11.0 Å². The van der Waals surface area contributed by atoms with E-state index in [9.17, 15) is 4.79 Å². The summed E-state index contributed by atoms with van der Waals surface area (Å²) in [6.45, 7) is 0.173. The smallest absolute Gasteiger partial charge is 0.239 e. The van der Waals surface area contributed by atoms with Crippen LogP contribution in [0, 0.1) is 0 Å². The highest BCUT2D eigenvalue weighted by molar-refractivity contribution is 6.29. The second-order valence-corrected chi connectivity index (χ2v) is 2.64. The van der Waals surface area contributed by atoms with Crippen molar-refractivity contribution in [1.82, 2.24) is 15.3 Å². The number of aromatic nitrogens is 2. The van der Waals surface area contributed by atoms with Crippen molar-refractivity contribution in [2.75, 3.05) is 18.9 Å². The minimum Gasteiger partial charge on any atom is -0.360 e. The van der Waals surface area contributed by atoms with E-state index < -0.39 is 0 Å². The van der Waals surface area contributed by atoms with Crippen LogP contribution in [0.4, 0.5) is 5.82 Å². The minimum absolute atomic E-state index is 0.114. The van der Waals surface area contributed by atoms with Gasteiger partial charge in [0.25, 0.3) is 0 Å².